The number of nitrogens with zero attached hydrogens (tertiary/aromatic N) is 1. The number of anilines is 1. The number of pyridine rings is 1. The zero-order chi connectivity index (χ0) is 12.3. The maximum absolute atomic E-state index is 11.8. The molecule has 0 radical (unpaired) electrons. The number of carbonyl (C=O) groups excluding carboxylic acids is 1. The second-order valence-corrected chi connectivity index (χ2v) is 4.49. The summed E-state index contributed by atoms with van der Waals surface area (Å²) in [6.45, 7) is 7.88. The maximum atomic E-state index is 11.8. The predicted molar refractivity (Wildman–Crippen MR) is 65.3 cm³/mol. The van der Waals surface area contributed by atoms with Crippen molar-refractivity contribution in [1.29, 1.82) is 0 Å². The molecule has 0 aliphatic carbocycles. The van der Waals surface area contributed by atoms with Crippen molar-refractivity contribution >= 4 is 11.7 Å². The molecule has 1 amide bonds. The summed E-state index contributed by atoms with van der Waals surface area (Å²) in [7, 11) is 0. The van der Waals surface area contributed by atoms with Gasteiger partial charge in [0.05, 0.1) is 0 Å². The lowest BCUT2D eigenvalue weighted by Gasteiger charge is -2.11. The van der Waals surface area contributed by atoms with E-state index in [1.54, 1.807) is 12.1 Å². The van der Waals surface area contributed by atoms with Crippen molar-refractivity contribution in [3.8, 4) is 0 Å². The Hall–Kier alpha value is -1.58. The second kappa shape index (κ2) is 4.96. The average molecular weight is 221 g/mol. The molecule has 0 aliphatic heterocycles. The summed E-state index contributed by atoms with van der Waals surface area (Å²) < 4.78 is 0. The Morgan fingerprint density at radius 1 is 1.31 bits per heavy atom. The Balaban J connectivity index is 3.00. The number of amides is 1. The van der Waals surface area contributed by atoms with Gasteiger partial charge in [0.1, 0.15) is 5.82 Å². The quantitative estimate of drug-likeness (QED) is 0.819. The van der Waals surface area contributed by atoms with Gasteiger partial charge in [-0.25, -0.2) is 4.98 Å². The summed E-state index contributed by atoms with van der Waals surface area (Å²) in [6, 6.07) is 3.51. The minimum Gasteiger partial charge on any atom is -0.384 e. The van der Waals surface area contributed by atoms with Gasteiger partial charge >= 0.3 is 0 Å². The normalized spacial score (nSPS) is 10.9. The van der Waals surface area contributed by atoms with Crippen LogP contribution in [0.3, 0.4) is 0 Å². The molecule has 1 heterocycles. The number of rotatable bonds is 3. The smallest absolute Gasteiger partial charge is 0.251 e. The number of nitrogens with two attached hydrogens (primary N) is 1. The Kier molecular flexibility index (Phi) is 3.88. The summed E-state index contributed by atoms with van der Waals surface area (Å²) >= 11 is 0. The van der Waals surface area contributed by atoms with E-state index in [9.17, 15) is 4.79 Å². The number of nitrogens with one attached hydrogen (secondary N) is 1. The van der Waals surface area contributed by atoms with Crippen LogP contribution >= 0.6 is 0 Å². The molecule has 4 nitrogen and oxygen atoms in total. The van der Waals surface area contributed by atoms with Gasteiger partial charge in [0, 0.05) is 17.3 Å². The second-order valence-electron chi connectivity index (χ2n) is 4.49. The van der Waals surface area contributed by atoms with Gasteiger partial charge in [-0.15, -0.1) is 0 Å². The number of nitrogen functional groups attached to an aromatic ring is 1. The molecular weight excluding hydrogens is 202 g/mol. The number of aromatic nitrogens is 1. The van der Waals surface area contributed by atoms with Crippen molar-refractivity contribution in [3.05, 3.63) is 23.4 Å². The van der Waals surface area contributed by atoms with Gasteiger partial charge in [0.2, 0.25) is 0 Å². The molecule has 0 spiro atoms. The third-order valence-electron chi connectivity index (χ3n) is 2.14. The van der Waals surface area contributed by atoms with Crippen molar-refractivity contribution in [2.24, 2.45) is 0 Å². The Morgan fingerprint density at radius 2 is 1.94 bits per heavy atom. The summed E-state index contributed by atoms with van der Waals surface area (Å²) in [5.74, 6) is 0.542. The molecule has 16 heavy (non-hydrogen) atoms. The molecule has 4 heteroatoms. The van der Waals surface area contributed by atoms with E-state index >= 15 is 0 Å². The minimum atomic E-state index is -0.106. The van der Waals surface area contributed by atoms with Crippen LogP contribution in [-0.2, 0) is 0 Å². The van der Waals surface area contributed by atoms with Crippen molar-refractivity contribution < 1.29 is 4.79 Å². The van der Waals surface area contributed by atoms with Crippen LogP contribution < -0.4 is 11.1 Å². The highest BCUT2D eigenvalue weighted by atomic mass is 16.1. The lowest BCUT2D eigenvalue weighted by atomic mass is 10.1. The van der Waals surface area contributed by atoms with Crippen molar-refractivity contribution in [2.45, 2.75) is 39.7 Å². The van der Waals surface area contributed by atoms with E-state index in [4.69, 9.17) is 5.73 Å². The molecule has 0 aliphatic rings. The predicted octanol–water partition coefficient (Wildman–Crippen LogP) is 1.93. The summed E-state index contributed by atoms with van der Waals surface area (Å²) in [4.78, 5) is 16.0. The largest absolute Gasteiger partial charge is 0.384 e. The van der Waals surface area contributed by atoms with Gasteiger partial charge in [0.25, 0.3) is 5.91 Å². The van der Waals surface area contributed by atoms with Crippen LogP contribution in [0.4, 0.5) is 5.82 Å². The van der Waals surface area contributed by atoms with Gasteiger partial charge in [-0.3, -0.25) is 4.79 Å². The molecular formula is C12H19N3O. The highest BCUT2D eigenvalue weighted by Gasteiger charge is 2.11. The van der Waals surface area contributed by atoms with E-state index in [-0.39, 0.29) is 17.9 Å². The van der Waals surface area contributed by atoms with Crippen LogP contribution in [0.5, 0.6) is 0 Å². The molecule has 1 rings (SSSR count). The lowest BCUT2D eigenvalue weighted by Crippen LogP contribution is -2.30. The Labute approximate surface area is 96.3 Å². The Bertz CT molecular complexity index is 386. The molecule has 88 valence electrons. The summed E-state index contributed by atoms with van der Waals surface area (Å²) in [5.41, 5.74) is 7.09. The van der Waals surface area contributed by atoms with Gasteiger partial charge < -0.3 is 11.1 Å². The number of hydrogen-bond donors (Lipinski definition) is 2. The lowest BCUT2D eigenvalue weighted by molar-refractivity contribution is 0.0943. The molecule has 1 aromatic rings. The highest BCUT2D eigenvalue weighted by Crippen LogP contribution is 2.16. The molecule has 0 bridgehead atoms. The SMILES string of the molecule is CC(C)NC(=O)c1cc(N)nc(C(C)C)c1. The van der Waals surface area contributed by atoms with Crippen LogP contribution in [0.1, 0.15) is 49.7 Å². The third kappa shape index (κ3) is 3.22. The molecule has 0 saturated carbocycles. The minimum absolute atomic E-state index is 0.106. The topological polar surface area (TPSA) is 68.0 Å². The average Bonchev–Trinajstić information content (AvgIpc) is 2.15. The molecule has 0 saturated heterocycles. The van der Waals surface area contributed by atoms with Gasteiger partial charge in [-0.1, -0.05) is 13.8 Å². The Morgan fingerprint density at radius 3 is 2.44 bits per heavy atom. The maximum Gasteiger partial charge on any atom is 0.251 e. The van der Waals surface area contributed by atoms with Gasteiger partial charge in [-0.2, -0.15) is 0 Å². The summed E-state index contributed by atoms with van der Waals surface area (Å²) in [6.07, 6.45) is 0. The molecule has 3 N–H and O–H groups in total. The third-order valence-corrected chi connectivity index (χ3v) is 2.14. The number of hydrogen-bond acceptors (Lipinski definition) is 3. The zero-order valence-electron chi connectivity index (χ0n) is 10.2. The van der Waals surface area contributed by atoms with E-state index in [0.717, 1.165) is 5.69 Å². The molecule has 0 fully saturated rings. The standard InChI is InChI=1S/C12H19N3O/c1-7(2)10-5-9(6-11(13)15-10)12(16)14-8(3)4/h5-8H,1-4H3,(H2,13,15)(H,14,16). The van der Waals surface area contributed by atoms with E-state index in [0.29, 0.717) is 11.4 Å². The first kappa shape index (κ1) is 12.5. The first-order chi connectivity index (χ1) is 7.40. The van der Waals surface area contributed by atoms with E-state index in [1.807, 2.05) is 27.7 Å². The highest BCUT2D eigenvalue weighted by molar-refractivity contribution is 5.95. The van der Waals surface area contributed by atoms with E-state index in [2.05, 4.69) is 10.3 Å². The molecule has 0 unspecified atom stereocenters. The molecule has 0 atom stereocenters. The van der Waals surface area contributed by atoms with E-state index < -0.39 is 0 Å². The first-order valence-electron chi connectivity index (χ1n) is 5.48. The fourth-order valence-electron chi connectivity index (χ4n) is 1.35. The first-order valence-corrected chi connectivity index (χ1v) is 5.48. The van der Waals surface area contributed by atoms with Crippen LogP contribution in [0.2, 0.25) is 0 Å². The monoisotopic (exact) mass is 221 g/mol. The zero-order valence-corrected chi connectivity index (χ0v) is 10.2. The van der Waals surface area contributed by atoms with Crippen LogP contribution in [0.25, 0.3) is 0 Å². The fraction of sp³-hybridized carbons (Fsp3) is 0.500. The van der Waals surface area contributed by atoms with Crippen LogP contribution in [0, 0.1) is 0 Å². The van der Waals surface area contributed by atoms with Gasteiger partial charge in [-0.05, 0) is 31.9 Å². The van der Waals surface area contributed by atoms with Crippen LogP contribution in [-0.4, -0.2) is 16.9 Å². The number of carbonyl (C=O) groups is 1. The van der Waals surface area contributed by atoms with Crippen molar-refractivity contribution in [2.75, 3.05) is 5.73 Å². The van der Waals surface area contributed by atoms with Gasteiger partial charge in [0.15, 0.2) is 0 Å². The van der Waals surface area contributed by atoms with Crippen molar-refractivity contribution in [3.63, 3.8) is 0 Å². The van der Waals surface area contributed by atoms with Crippen LogP contribution in [0.15, 0.2) is 12.1 Å². The fourth-order valence-corrected chi connectivity index (χ4v) is 1.35. The molecule has 1 aromatic heterocycles. The van der Waals surface area contributed by atoms with Crippen molar-refractivity contribution in [1.82, 2.24) is 10.3 Å². The van der Waals surface area contributed by atoms with E-state index in [1.165, 1.54) is 0 Å². The molecule has 0 aromatic carbocycles. The summed E-state index contributed by atoms with van der Waals surface area (Å²) in [5, 5.41) is 2.83.